The third kappa shape index (κ3) is 3.93. The minimum absolute atomic E-state index is 0.159. The van der Waals surface area contributed by atoms with Crippen molar-refractivity contribution in [2.45, 2.75) is 13.0 Å². The molecule has 0 unspecified atom stereocenters. The first-order valence-electron chi connectivity index (χ1n) is 7.90. The van der Waals surface area contributed by atoms with E-state index in [0.29, 0.717) is 6.42 Å². The number of para-hydroxylation sites is 1. The molecule has 0 N–H and O–H groups in total. The molecule has 2 heterocycles. The molecule has 0 aliphatic carbocycles. The summed E-state index contributed by atoms with van der Waals surface area (Å²) in [6.45, 7) is 4.07. The molecule has 3 rings (SSSR count). The van der Waals surface area contributed by atoms with Crippen molar-refractivity contribution >= 4 is 5.91 Å². The Morgan fingerprint density at radius 3 is 2.61 bits per heavy atom. The van der Waals surface area contributed by atoms with Crippen molar-refractivity contribution in [2.75, 3.05) is 33.3 Å². The Morgan fingerprint density at radius 2 is 1.91 bits per heavy atom. The molecule has 2 aromatic rings. The minimum Gasteiger partial charge on any atom is -0.496 e. The van der Waals surface area contributed by atoms with Crippen LogP contribution in [-0.4, -0.2) is 49.0 Å². The lowest BCUT2D eigenvalue weighted by Gasteiger charge is -2.34. The summed E-state index contributed by atoms with van der Waals surface area (Å²) in [7, 11) is 1.64. The molecule has 1 aliphatic rings. The number of furan rings is 1. The first-order valence-corrected chi connectivity index (χ1v) is 7.90. The molecule has 5 heteroatoms. The van der Waals surface area contributed by atoms with Crippen LogP contribution in [0.25, 0.3) is 0 Å². The zero-order chi connectivity index (χ0) is 16.1. The molecule has 1 saturated heterocycles. The second kappa shape index (κ2) is 7.33. The van der Waals surface area contributed by atoms with Crippen LogP contribution < -0.4 is 4.74 Å². The van der Waals surface area contributed by atoms with Crippen molar-refractivity contribution in [2.24, 2.45) is 0 Å². The highest BCUT2D eigenvalue weighted by atomic mass is 16.5. The molecule has 0 saturated carbocycles. The fraction of sp³-hybridized carbons (Fsp3) is 0.389. The van der Waals surface area contributed by atoms with E-state index in [1.807, 2.05) is 41.3 Å². The normalized spacial score (nSPS) is 15.6. The fourth-order valence-corrected chi connectivity index (χ4v) is 2.90. The van der Waals surface area contributed by atoms with E-state index in [0.717, 1.165) is 49.8 Å². The smallest absolute Gasteiger partial charge is 0.227 e. The van der Waals surface area contributed by atoms with Crippen molar-refractivity contribution in [3.05, 3.63) is 54.0 Å². The Balaban J connectivity index is 1.52. The van der Waals surface area contributed by atoms with E-state index in [4.69, 9.17) is 9.15 Å². The summed E-state index contributed by atoms with van der Waals surface area (Å²) in [5.74, 6) is 1.91. The second-order valence-electron chi connectivity index (χ2n) is 5.72. The van der Waals surface area contributed by atoms with Crippen molar-refractivity contribution in [3.63, 3.8) is 0 Å². The number of benzene rings is 1. The molecule has 1 fully saturated rings. The van der Waals surface area contributed by atoms with E-state index >= 15 is 0 Å². The number of carbonyl (C=O) groups is 1. The Morgan fingerprint density at radius 1 is 1.13 bits per heavy atom. The van der Waals surface area contributed by atoms with Gasteiger partial charge in [-0.15, -0.1) is 0 Å². The monoisotopic (exact) mass is 314 g/mol. The number of rotatable bonds is 5. The van der Waals surface area contributed by atoms with Crippen LogP contribution in [0.1, 0.15) is 11.3 Å². The highest BCUT2D eigenvalue weighted by Gasteiger charge is 2.22. The van der Waals surface area contributed by atoms with Crippen molar-refractivity contribution in [1.29, 1.82) is 0 Å². The van der Waals surface area contributed by atoms with Crippen LogP contribution in [0.2, 0.25) is 0 Å². The summed E-state index contributed by atoms with van der Waals surface area (Å²) in [6, 6.07) is 11.6. The summed E-state index contributed by atoms with van der Waals surface area (Å²) < 4.78 is 10.7. The maximum Gasteiger partial charge on any atom is 0.227 e. The van der Waals surface area contributed by atoms with Gasteiger partial charge in [0.1, 0.15) is 11.5 Å². The van der Waals surface area contributed by atoms with Gasteiger partial charge >= 0.3 is 0 Å². The van der Waals surface area contributed by atoms with E-state index in [1.165, 1.54) is 0 Å². The quantitative estimate of drug-likeness (QED) is 0.848. The number of nitrogens with zero attached hydrogens (tertiary/aromatic N) is 2. The first-order chi connectivity index (χ1) is 11.3. The zero-order valence-corrected chi connectivity index (χ0v) is 13.4. The summed E-state index contributed by atoms with van der Waals surface area (Å²) in [6.07, 6.45) is 2.09. The molecule has 1 aromatic carbocycles. The molecule has 1 amide bonds. The van der Waals surface area contributed by atoms with E-state index in [-0.39, 0.29) is 5.91 Å². The molecule has 1 aliphatic heterocycles. The van der Waals surface area contributed by atoms with E-state index in [2.05, 4.69) is 4.90 Å². The highest BCUT2D eigenvalue weighted by Crippen LogP contribution is 2.19. The molecule has 23 heavy (non-hydrogen) atoms. The number of hydrogen-bond donors (Lipinski definition) is 0. The largest absolute Gasteiger partial charge is 0.496 e. The van der Waals surface area contributed by atoms with Crippen LogP contribution in [0, 0.1) is 0 Å². The van der Waals surface area contributed by atoms with Gasteiger partial charge in [-0.1, -0.05) is 18.2 Å². The summed E-state index contributed by atoms with van der Waals surface area (Å²) in [5, 5.41) is 0. The van der Waals surface area contributed by atoms with Gasteiger partial charge in [0.2, 0.25) is 5.91 Å². The van der Waals surface area contributed by atoms with Gasteiger partial charge in [-0.3, -0.25) is 9.69 Å². The Kier molecular flexibility index (Phi) is 4.98. The maximum atomic E-state index is 12.5. The predicted molar refractivity (Wildman–Crippen MR) is 87.3 cm³/mol. The molecule has 122 valence electrons. The number of hydrogen-bond acceptors (Lipinski definition) is 4. The standard InChI is InChI=1S/C18H22N2O3/c1-22-17-7-3-2-5-15(17)13-18(21)20-10-8-19(9-11-20)14-16-6-4-12-23-16/h2-7,12H,8-11,13-14H2,1H3. The summed E-state index contributed by atoms with van der Waals surface area (Å²) in [4.78, 5) is 16.7. The SMILES string of the molecule is COc1ccccc1CC(=O)N1CCN(Cc2ccco2)CC1. The first kappa shape index (κ1) is 15.6. The number of amides is 1. The lowest BCUT2D eigenvalue weighted by Crippen LogP contribution is -2.48. The van der Waals surface area contributed by atoms with Crippen molar-refractivity contribution < 1.29 is 13.9 Å². The zero-order valence-electron chi connectivity index (χ0n) is 13.4. The molecule has 1 aromatic heterocycles. The van der Waals surface area contributed by atoms with Gasteiger partial charge in [0.15, 0.2) is 0 Å². The van der Waals surface area contributed by atoms with Crippen LogP contribution in [0.5, 0.6) is 5.75 Å². The Hall–Kier alpha value is -2.27. The minimum atomic E-state index is 0.159. The number of piperazine rings is 1. The lowest BCUT2D eigenvalue weighted by atomic mass is 10.1. The third-order valence-electron chi connectivity index (χ3n) is 4.22. The molecule has 0 bridgehead atoms. The summed E-state index contributed by atoms with van der Waals surface area (Å²) >= 11 is 0. The average Bonchev–Trinajstić information content (AvgIpc) is 3.09. The number of carbonyl (C=O) groups excluding carboxylic acids is 1. The molecular weight excluding hydrogens is 292 g/mol. The van der Waals surface area contributed by atoms with E-state index in [9.17, 15) is 4.79 Å². The average molecular weight is 314 g/mol. The fourth-order valence-electron chi connectivity index (χ4n) is 2.90. The van der Waals surface area contributed by atoms with Gasteiger partial charge in [-0.05, 0) is 18.2 Å². The molecule has 0 atom stereocenters. The van der Waals surface area contributed by atoms with Crippen LogP contribution in [0.3, 0.4) is 0 Å². The predicted octanol–water partition coefficient (Wildman–Crippen LogP) is 2.18. The van der Waals surface area contributed by atoms with Gasteiger partial charge in [-0.25, -0.2) is 0 Å². The molecule has 0 radical (unpaired) electrons. The third-order valence-corrected chi connectivity index (χ3v) is 4.22. The molecule has 0 spiro atoms. The van der Waals surface area contributed by atoms with Crippen molar-refractivity contribution in [1.82, 2.24) is 9.80 Å². The number of ether oxygens (including phenoxy) is 1. The second-order valence-corrected chi connectivity index (χ2v) is 5.72. The van der Waals surface area contributed by atoms with Gasteiger partial charge in [-0.2, -0.15) is 0 Å². The Bertz CT molecular complexity index is 631. The molecular formula is C18H22N2O3. The molecule has 5 nitrogen and oxygen atoms in total. The van der Waals surface area contributed by atoms with Gasteiger partial charge in [0.05, 0.1) is 26.3 Å². The Labute approximate surface area is 136 Å². The number of methoxy groups -OCH3 is 1. The topological polar surface area (TPSA) is 45.9 Å². The van der Waals surface area contributed by atoms with Crippen LogP contribution >= 0.6 is 0 Å². The van der Waals surface area contributed by atoms with Crippen LogP contribution in [0.4, 0.5) is 0 Å². The van der Waals surface area contributed by atoms with Gasteiger partial charge in [0.25, 0.3) is 0 Å². The van der Waals surface area contributed by atoms with Crippen molar-refractivity contribution in [3.8, 4) is 5.75 Å². The van der Waals surface area contributed by atoms with Crippen LogP contribution in [0.15, 0.2) is 47.1 Å². The highest BCUT2D eigenvalue weighted by molar-refractivity contribution is 5.79. The van der Waals surface area contributed by atoms with Gasteiger partial charge < -0.3 is 14.1 Å². The van der Waals surface area contributed by atoms with E-state index < -0.39 is 0 Å². The van der Waals surface area contributed by atoms with Crippen LogP contribution in [-0.2, 0) is 17.8 Å². The lowest BCUT2D eigenvalue weighted by molar-refractivity contribution is -0.132. The van der Waals surface area contributed by atoms with Gasteiger partial charge in [0, 0.05) is 31.7 Å². The van der Waals surface area contributed by atoms with E-state index in [1.54, 1.807) is 13.4 Å². The summed E-state index contributed by atoms with van der Waals surface area (Å²) in [5.41, 5.74) is 0.943. The maximum absolute atomic E-state index is 12.5.